The Morgan fingerprint density at radius 1 is 1.04 bits per heavy atom. The first kappa shape index (κ1) is 21.7. The van der Waals surface area contributed by atoms with Crippen LogP contribution in [-0.2, 0) is 20.7 Å². The van der Waals surface area contributed by atoms with E-state index < -0.39 is 11.7 Å². The number of nitrogens with zero attached hydrogens (tertiary/aromatic N) is 2. The fourth-order valence-corrected chi connectivity index (χ4v) is 3.06. The number of piperazine rings is 1. The summed E-state index contributed by atoms with van der Waals surface area (Å²) >= 11 is 0. The van der Waals surface area contributed by atoms with Gasteiger partial charge in [-0.15, -0.1) is 0 Å². The molecule has 0 atom stereocenters. The van der Waals surface area contributed by atoms with Crippen LogP contribution in [0.15, 0.2) is 24.3 Å². The van der Waals surface area contributed by atoms with Gasteiger partial charge in [-0.1, -0.05) is 29.8 Å². The van der Waals surface area contributed by atoms with Gasteiger partial charge >= 0.3 is 6.09 Å². The van der Waals surface area contributed by atoms with Crippen molar-refractivity contribution in [2.45, 2.75) is 46.1 Å². The molecule has 7 nitrogen and oxygen atoms in total. The number of ether oxygens (including phenoxy) is 1. The molecule has 0 aromatic heterocycles. The highest BCUT2D eigenvalue weighted by atomic mass is 16.6. The van der Waals surface area contributed by atoms with Gasteiger partial charge in [0.1, 0.15) is 5.60 Å². The summed E-state index contributed by atoms with van der Waals surface area (Å²) < 4.78 is 5.14. The summed E-state index contributed by atoms with van der Waals surface area (Å²) in [5, 5.41) is 2.59. The van der Waals surface area contributed by atoms with Crippen LogP contribution in [0.3, 0.4) is 0 Å². The number of benzene rings is 1. The van der Waals surface area contributed by atoms with Gasteiger partial charge in [0, 0.05) is 39.1 Å². The zero-order valence-corrected chi connectivity index (χ0v) is 17.3. The molecule has 7 heteroatoms. The molecule has 1 fully saturated rings. The van der Waals surface area contributed by atoms with E-state index >= 15 is 0 Å². The van der Waals surface area contributed by atoms with E-state index in [1.807, 2.05) is 36.1 Å². The molecule has 1 aliphatic heterocycles. The van der Waals surface area contributed by atoms with Crippen molar-refractivity contribution in [1.29, 1.82) is 0 Å². The highest BCUT2D eigenvalue weighted by Crippen LogP contribution is 2.10. The molecule has 28 heavy (non-hydrogen) atoms. The second-order valence-corrected chi connectivity index (χ2v) is 8.11. The van der Waals surface area contributed by atoms with Crippen LogP contribution < -0.4 is 5.32 Å². The highest BCUT2D eigenvalue weighted by molar-refractivity contribution is 5.80. The highest BCUT2D eigenvalue weighted by Gasteiger charge is 2.24. The van der Waals surface area contributed by atoms with Crippen molar-refractivity contribution >= 4 is 17.9 Å². The number of aryl methyl sites for hydroxylation is 1. The Morgan fingerprint density at radius 3 is 2.21 bits per heavy atom. The summed E-state index contributed by atoms with van der Waals surface area (Å²) in [7, 11) is 0. The fraction of sp³-hybridized carbons (Fsp3) is 0.571. The lowest BCUT2D eigenvalue weighted by molar-refractivity contribution is -0.139. The molecule has 0 bridgehead atoms. The van der Waals surface area contributed by atoms with E-state index in [1.54, 1.807) is 25.7 Å². The molecule has 154 valence electrons. The second-order valence-electron chi connectivity index (χ2n) is 8.11. The smallest absolute Gasteiger partial charge is 0.407 e. The molecule has 0 spiro atoms. The van der Waals surface area contributed by atoms with E-state index in [2.05, 4.69) is 5.32 Å². The van der Waals surface area contributed by atoms with Gasteiger partial charge < -0.3 is 19.9 Å². The van der Waals surface area contributed by atoms with E-state index in [0.29, 0.717) is 32.6 Å². The van der Waals surface area contributed by atoms with Crippen LogP contribution in [0.5, 0.6) is 0 Å². The van der Waals surface area contributed by atoms with Crippen LogP contribution in [0.2, 0.25) is 0 Å². The van der Waals surface area contributed by atoms with Gasteiger partial charge in [0.15, 0.2) is 0 Å². The number of amides is 3. The molecule has 0 radical (unpaired) electrons. The molecule has 1 saturated heterocycles. The minimum absolute atomic E-state index is 0.0261. The molecular weight excluding hydrogens is 358 g/mol. The van der Waals surface area contributed by atoms with Gasteiger partial charge in [-0.2, -0.15) is 0 Å². The molecule has 1 aromatic rings. The first-order valence-electron chi connectivity index (χ1n) is 9.72. The minimum Gasteiger partial charge on any atom is -0.444 e. The van der Waals surface area contributed by atoms with E-state index in [-0.39, 0.29) is 24.8 Å². The second kappa shape index (κ2) is 9.57. The maximum Gasteiger partial charge on any atom is 0.407 e. The minimum atomic E-state index is -0.560. The first-order valence-corrected chi connectivity index (χ1v) is 9.72. The number of carbonyl (C=O) groups excluding carboxylic acids is 3. The van der Waals surface area contributed by atoms with Crippen molar-refractivity contribution in [3.8, 4) is 0 Å². The third-order valence-corrected chi connectivity index (χ3v) is 4.43. The first-order chi connectivity index (χ1) is 13.1. The molecule has 1 heterocycles. The largest absolute Gasteiger partial charge is 0.444 e. The van der Waals surface area contributed by atoms with Crippen molar-refractivity contribution in [3.05, 3.63) is 35.4 Å². The van der Waals surface area contributed by atoms with E-state index in [4.69, 9.17) is 4.74 Å². The van der Waals surface area contributed by atoms with Crippen LogP contribution in [0.4, 0.5) is 4.79 Å². The number of nitrogens with one attached hydrogen (secondary N) is 1. The zero-order chi connectivity index (χ0) is 20.7. The monoisotopic (exact) mass is 389 g/mol. The molecule has 0 aliphatic carbocycles. The molecule has 0 saturated carbocycles. The lowest BCUT2D eigenvalue weighted by atomic mass is 10.1. The third kappa shape index (κ3) is 7.21. The van der Waals surface area contributed by atoms with Gasteiger partial charge in [-0.3, -0.25) is 9.59 Å². The molecule has 1 N–H and O–H groups in total. The maximum atomic E-state index is 12.5. The van der Waals surface area contributed by atoms with Crippen LogP contribution in [-0.4, -0.2) is 66.0 Å². The third-order valence-electron chi connectivity index (χ3n) is 4.43. The Kier molecular flexibility index (Phi) is 7.43. The average molecular weight is 389 g/mol. The summed E-state index contributed by atoms with van der Waals surface area (Å²) in [5.74, 6) is 0.0612. The Morgan fingerprint density at radius 2 is 1.64 bits per heavy atom. The molecule has 1 aliphatic rings. The van der Waals surface area contributed by atoms with Gasteiger partial charge in [0.05, 0.1) is 6.42 Å². The predicted molar refractivity (Wildman–Crippen MR) is 107 cm³/mol. The van der Waals surface area contributed by atoms with Crippen LogP contribution in [0.25, 0.3) is 0 Å². The van der Waals surface area contributed by atoms with Crippen LogP contribution >= 0.6 is 0 Å². The van der Waals surface area contributed by atoms with E-state index in [9.17, 15) is 14.4 Å². The molecule has 3 amide bonds. The summed E-state index contributed by atoms with van der Waals surface area (Å²) in [5.41, 5.74) is 1.59. The topological polar surface area (TPSA) is 79.0 Å². The van der Waals surface area contributed by atoms with Gasteiger partial charge in [-0.05, 0) is 33.3 Å². The summed E-state index contributed by atoms with van der Waals surface area (Å²) in [6, 6.07) is 7.95. The SMILES string of the molecule is Cc1cccc(CC(=O)N2CCN(C(=O)CCNC(=O)OC(C)(C)C)CC2)c1. The molecule has 1 aromatic carbocycles. The number of carbonyl (C=O) groups is 3. The standard InChI is InChI=1S/C21H31N3O4/c1-16-6-5-7-17(14-16)15-19(26)24-12-10-23(11-13-24)18(25)8-9-22-20(27)28-21(2,3)4/h5-7,14H,8-13,15H2,1-4H3,(H,22,27). The predicted octanol–water partition coefficient (Wildman–Crippen LogP) is 2.12. The van der Waals surface area contributed by atoms with Crippen molar-refractivity contribution in [2.75, 3.05) is 32.7 Å². The quantitative estimate of drug-likeness (QED) is 0.837. The summed E-state index contributed by atoms with van der Waals surface area (Å²) in [6.07, 6.45) is 0.0817. The Bertz CT molecular complexity index is 704. The van der Waals surface area contributed by atoms with Crippen molar-refractivity contribution < 1.29 is 19.1 Å². The van der Waals surface area contributed by atoms with Crippen LogP contribution in [0, 0.1) is 6.92 Å². The average Bonchev–Trinajstić information content (AvgIpc) is 2.60. The summed E-state index contributed by atoms with van der Waals surface area (Å²) in [6.45, 7) is 9.73. The Hall–Kier alpha value is -2.57. The number of alkyl carbamates (subject to hydrolysis) is 1. The zero-order valence-electron chi connectivity index (χ0n) is 17.3. The van der Waals surface area contributed by atoms with E-state index in [1.165, 1.54) is 0 Å². The summed E-state index contributed by atoms with van der Waals surface area (Å²) in [4.78, 5) is 39.9. The fourth-order valence-electron chi connectivity index (χ4n) is 3.06. The van der Waals surface area contributed by atoms with Gasteiger partial charge in [-0.25, -0.2) is 4.79 Å². The lowest BCUT2D eigenvalue weighted by Crippen LogP contribution is -2.51. The number of rotatable bonds is 5. The Labute approximate surface area is 167 Å². The Balaban J connectivity index is 1.70. The molecule has 0 unspecified atom stereocenters. The number of hydrogen-bond acceptors (Lipinski definition) is 4. The van der Waals surface area contributed by atoms with Crippen molar-refractivity contribution in [1.82, 2.24) is 15.1 Å². The van der Waals surface area contributed by atoms with Crippen LogP contribution in [0.1, 0.15) is 38.3 Å². The van der Waals surface area contributed by atoms with Gasteiger partial charge in [0.25, 0.3) is 0 Å². The molecule has 2 rings (SSSR count). The lowest BCUT2D eigenvalue weighted by Gasteiger charge is -2.35. The maximum absolute atomic E-state index is 12.5. The normalized spacial score (nSPS) is 14.6. The van der Waals surface area contributed by atoms with Crippen molar-refractivity contribution in [2.24, 2.45) is 0 Å². The molecular formula is C21H31N3O4. The van der Waals surface area contributed by atoms with E-state index in [0.717, 1.165) is 11.1 Å². The van der Waals surface area contributed by atoms with Gasteiger partial charge in [0.2, 0.25) is 11.8 Å². The van der Waals surface area contributed by atoms with Crippen molar-refractivity contribution in [3.63, 3.8) is 0 Å². The number of hydrogen-bond donors (Lipinski definition) is 1.